The summed E-state index contributed by atoms with van der Waals surface area (Å²) in [5, 5.41) is 0.640. The lowest BCUT2D eigenvalue weighted by atomic mass is 10.2. The third-order valence-corrected chi connectivity index (χ3v) is 3.59. The number of carbonyl (C=O) groups is 1. The molecule has 21 heavy (non-hydrogen) atoms. The van der Waals surface area contributed by atoms with Crippen LogP contribution in [0.1, 0.15) is 10.6 Å². The lowest BCUT2D eigenvalue weighted by molar-refractivity contribution is 0.0492. The van der Waals surface area contributed by atoms with E-state index in [0.717, 1.165) is 0 Å². The van der Waals surface area contributed by atoms with Gasteiger partial charge in [0.25, 0.3) is 0 Å². The first-order chi connectivity index (χ1) is 9.92. The van der Waals surface area contributed by atoms with Crippen LogP contribution in [0.5, 0.6) is 11.5 Å². The second-order valence-electron chi connectivity index (χ2n) is 4.38. The van der Waals surface area contributed by atoms with E-state index in [2.05, 4.69) is 0 Å². The van der Waals surface area contributed by atoms with Crippen molar-refractivity contribution in [3.05, 3.63) is 24.0 Å². The number of fused-ring (bicyclic) bond motifs is 2. The Morgan fingerprint density at radius 3 is 2.67 bits per heavy atom. The zero-order valence-corrected chi connectivity index (χ0v) is 11.5. The zero-order valence-electron chi connectivity index (χ0n) is 10.6. The Hall–Kier alpha value is -2.02. The molecule has 2 heterocycles. The fourth-order valence-electron chi connectivity index (χ4n) is 1.86. The van der Waals surface area contributed by atoms with Gasteiger partial charge >= 0.3 is 13.6 Å². The molecule has 8 nitrogen and oxygen atoms in total. The van der Waals surface area contributed by atoms with Crippen LogP contribution in [0.15, 0.2) is 22.6 Å². The van der Waals surface area contributed by atoms with Crippen LogP contribution >= 0.6 is 7.60 Å². The van der Waals surface area contributed by atoms with Crippen LogP contribution in [0.4, 0.5) is 0 Å². The van der Waals surface area contributed by atoms with Crippen molar-refractivity contribution < 1.29 is 37.8 Å². The Labute approximate surface area is 118 Å². The molecular weight excluding hydrogens is 303 g/mol. The normalized spacial score (nSPS) is 13.6. The van der Waals surface area contributed by atoms with E-state index in [9.17, 15) is 9.36 Å². The maximum absolute atomic E-state index is 11.7. The molecule has 0 radical (unpaired) electrons. The van der Waals surface area contributed by atoms with E-state index < -0.39 is 19.7 Å². The van der Waals surface area contributed by atoms with Gasteiger partial charge in [0.2, 0.25) is 12.6 Å². The van der Waals surface area contributed by atoms with Crippen LogP contribution in [0.3, 0.4) is 0 Å². The third-order valence-electron chi connectivity index (χ3n) is 2.83. The maximum atomic E-state index is 11.7. The minimum Gasteiger partial charge on any atom is -0.459 e. The highest BCUT2D eigenvalue weighted by atomic mass is 31.2. The first-order valence-corrected chi connectivity index (χ1v) is 7.77. The Kier molecular flexibility index (Phi) is 3.36. The van der Waals surface area contributed by atoms with Crippen LogP contribution < -0.4 is 9.47 Å². The molecule has 9 heteroatoms. The molecule has 1 aliphatic rings. The summed E-state index contributed by atoms with van der Waals surface area (Å²) in [5.74, 6) is 0.240. The third kappa shape index (κ3) is 3.02. The van der Waals surface area contributed by atoms with Gasteiger partial charge in [0.1, 0.15) is 12.2 Å². The van der Waals surface area contributed by atoms with E-state index in [-0.39, 0.29) is 19.2 Å². The molecule has 0 saturated carbocycles. The molecule has 0 spiro atoms. The van der Waals surface area contributed by atoms with E-state index in [0.29, 0.717) is 22.5 Å². The van der Waals surface area contributed by atoms with Gasteiger partial charge in [0.15, 0.2) is 11.5 Å². The zero-order chi connectivity index (χ0) is 15.0. The number of furan rings is 1. The van der Waals surface area contributed by atoms with E-state index in [1.54, 1.807) is 12.1 Å². The molecule has 0 aliphatic carbocycles. The van der Waals surface area contributed by atoms with E-state index in [1.165, 1.54) is 6.07 Å². The number of carbonyl (C=O) groups excluding carboxylic acids is 1. The average Bonchev–Trinajstić information content (AvgIpc) is 2.98. The molecule has 2 aromatic rings. The Balaban J connectivity index is 1.75. The van der Waals surface area contributed by atoms with Gasteiger partial charge in [0, 0.05) is 11.5 Å². The van der Waals surface area contributed by atoms with Crippen molar-refractivity contribution in [2.45, 2.75) is 0 Å². The number of benzene rings is 1. The van der Waals surface area contributed by atoms with E-state index in [1.807, 2.05) is 0 Å². The fourth-order valence-corrected chi connectivity index (χ4v) is 2.19. The van der Waals surface area contributed by atoms with Gasteiger partial charge in [-0.2, -0.15) is 0 Å². The summed E-state index contributed by atoms with van der Waals surface area (Å²) in [5.41, 5.74) is 0.432. The molecule has 0 atom stereocenters. The molecule has 1 aromatic heterocycles. The van der Waals surface area contributed by atoms with Gasteiger partial charge in [-0.1, -0.05) is 0 Å². The molecule has 0 unspecified atom stereocenters. The molecule has 1 aromatic carbocycles. The van der Waals surface area contributed by atoms with Crippen LogP contribution in [-0.4, -0.2) is 35.3 Å². The minimum atomic E-state index is -4.19. The fraction of sp³-hybridized carbons (Fsp3) is 0.250. The van der Waals surface area contributed by atoms with Crippen molar-refractivity contribution in [1.82, 2.24) is 0 Å². The molecule has 2 N–H and O–H groups in total. The highest BCUT2D eigenvalue weighted by molar-refractivity contribution is 7.51. The number of esters is 1. The first kappa shape index (κ1) is 13.9. The summed E-state index contributed by atoms with van der Waals surface area (Å²) in [6, 6.07) is 4.74. The number of ether oxygens (including phenoxy) is 3. The van der Waals surface area contributed by atoms with Gasteiger partial charge in [-0.25, -0.2) is 4.79 Å². The Bertz CT molecular complexity index is 702. The Morgan fingerprint density at radius 1 is 1.24 bits per heavy atom. The number of hydrogen-bond donors (Lipinski definition) is 2. The second kappa shape index (κ2) is 5.07. The van der Waals surface area contributed by atoms with Crippen molar-refractivity contribution in [2.24, 2.45) is 0 Å². The number of hydrogen-bond acceptors (Lipinski definition) is 6. The van der Waals surface area contributed by atoms with Crippen LogP contribution in [0, 0.1) is 0 Å². The van der Waals surface area contributed by atoms with Crippen molar-refractivity contribution >= 4 is 24.5 Å². The van der Waals surface area contributed by atoms with Crippen molar-refractivity contribution in [3.8, 4) is 11.5 Å². The number of rotatable bonds is 4. The van der Waals surface area contributed by atoms with E-state index in [4.69, 9.17) is 28.4 Å². The summed E-state index contributed by atoms with van der Waals surface area (Å²) >= 11 is 0. The quantitative estimate of drug-likeness (QED) is 0.644. The lowest BCUT2D eigenvalue weighted by Crippen LogP contribution is -2.08. The summed E-state index contributed by atoms with van der Waals surface area (Å²) in [6.07, 6.45) is -0.533. The van der Waals surface area contributed by atoms with Gasteiger partial charge < -0.3 is 28.4 Å². The topological polar surface area (TPSA) is 115 Å². The summed E-state index contributed by atoms with van der Waals surface area (Å²) < 4.78 is 31.1. The van der Waals surface area contributed by atoms with Gasteiger partial charge in [-0.05, 0) is 12.1 Å². The monoisotopic (exact) mass is 314 g/mol. The molecule has 0 amide bonds. The molecule has 112 valence electrons. The van der Waals surface area contributed by atoms with Crippen molar-refractivity contribution in [3.63, 3.8) is 0 Å². The molecule has 0 saturated heterocycles. The Morgan fingerprint density at radius 2 is 1.95 bits per heavy atom. The average molecular weight is 314 g/mol. The highest BCUT2D eigenvalue weighted by Gasteiger charge is 2.20. The van der Waals surface area contributed by atoms with Crippen LogP contribution in [-0.2, 0) is 9.30 Å². The summed E-state index contributed by atoms with van der Waals surface area (Å²) in [6.45, 7) is -0.248. The van der Waals surface area contributed by atoms with Crippen molar-refractivity contribution in [1.29, 1.82) is 0 Å². The predicted octanol–water partition coefficient (Wildman–Crippen LogP) is 1.50. The minimum absolute atomic E-state index is 0.0561. The SMILES string of the molecule is O=C(OCCP(=O)(O)O)c1cc2cc3c(cc2o1)OCO3. The summed E-state index contributed by atoms with van der Waals surface area (Å²) in [7, 11) is -4.19. The van der Waals surface area contributed by atoms with E-state index >= 15 is 0 Å². The van der Waals surface area contributed by atoms with Crippen molar-refractivity contribution in [2.75, 3.05) is 19.6 Å². The summed E-state index contributed by atoms with van der Waals surface area (Å²) in [4.78, 5) is 29.1. The standard InChI is InChI=1S/C12H11O8P/c13-12(17-1-2-21(14,15)16)11-4-7-3-9-10(19-6-18-9)5-8(7)20-11/h3-5H,1-2,6H2,(H2,14,15,16). The smallest absolute Gasteiger partial charge is 0.374 e. The maximum Gasteiger partial charge on any atom is 0.374 e. The van der Waals surface area contributed by atoms with Gasteiger partial charge in [-0.3, -0.25) is 4.57 Å². The highest BCUT2D eigenvalue weighted by Crippen LogP contribution is 2.37. The van der Waals surface area contributed by atoms with Crippen LogP contribution in [0.25, 0.3) is 11.0 Å². The first-order valence-electron chi connectivity index (χ1n) is 5.97. The molecular formula is C12H11O8P. The van der Waals surface area contributed by atoms with Gasteiger partial charge in [-0.15, -0.1) is 0 Å². The predicted molar refractivity (Wildman–Crippen MR) is 69.5 cm³/mol. The molecule has 0 bridgehead atoms. The van der Waals surface area contributed by atoms with Crippen LogP contribution in [0.2, 0.25) is 0 Å². The molecule has 1 aliphatic heterocycles. The molecule has 3 rings (SSSR count). The lowest BCUT2D eigenvalue weighted by Gasteiger charge is -2.03. The largest absolute Gasteiger partial charge is 0.459 e. The van der Waals surface area contributed by atoms with Gasteiger partial charge in [0.05, 0.1) is 6.16 Å². The second-order valence-corrected chi connectivity index (χ2v) is 6.15. The molecule has 0 fully saturated rings.